The summed E-state index contributed by atoms with van der Waals surface area (Å²) in [4.78, 5) is 21.2. The molecule has 11 heteroatoms. The zero-order valence-electron chi connectivity index (χ0n) is 18.6. The van der Waals surface area contributed by atoms with Crippen molar-refractivity contribution in [1.29, 1.82) is 0 Å². The van der Waals surface area contributed by atoms with Gasteiger partial charge >= 0.3 is 0 Å². The molecule has 5 aromatic rings. The van der Waals surface area contributed by atoms with Crippen molar-refractivity contribution >= 4 is 52.2 Å². The first-order valence-corrected chi connectivity index (χ1v) is 13.4. The first kappa shape index (κ1) is 24.5. The fourth-order valence-corrected chi connectivity index (χ4v) is 5.58. The minimum absolute atomic E-state index is 0.242. The van der Waals surface area contributed by atoms with E-state index in [0.29, 0.717) is 39.0 Å². The van der Waals surface area contributed by atoms with Crippen LogP contribution in [0, 0.1) is 0 Å². The molecule has 7 nitrogen and oxygen atoms in total. The van der Waals surface area contributed by atoms with Gasteiger partial charge in [0, 0.05) is 17.1 Å². The fraction of sp³-hybridized carbons (Fsp3) is 0.0800. The van der Waals surface area contributed by atoms with Crippen LogP contribution in [0.1, 0.15) is 21.2 Å². The Morgan fingerprint density at radius 3 is 2.53 bits per heavy atom. The minimum atomic E-state index is -0.242. The van der Waals surface area contributed by atoms with Gasteiger partial charge < -0.3 is 5.32 Å². The van der Waals surface area contributed by atoms with E-state index in [1.54, 1.807) is 11.6 Å². The van der Waals surface area contributed by atoms with Crippen molar-refractivity contribution in [2.75, 3.05) is 0 Å². The number of rotatable bonds is 8. The number of carbonyl (C=O) groups excluding carboxylic acids is 1. The van der Waals surface area contributed by atoms with Gasteiger partial charge in [0.1, 0.15) is 10.7 Å². The van der Waals surface area contributed by atoms with Gasteiger partial charge in [-0.3, -0.25) is 14.3 Å². The Morgan fingerprint density at radius 2 is 1.75 bits per heavy atom. The van der Waals surface area contributed by atoms with Crippen molar-refractivity contribution in [2.24, 2.45) is 0 Å². The lowest BCUT2D eigenvalue weighted by molar-refractivity contribution is 0.0946. The van der Waals surface area contributed by atoms with Crippen molar-refractivity contribution in [3.63, 3.8) is 0 Å². The standard InChI is InChI=1S/C25H18Cl2N6OS2/c26-18-9-2-1-8-17(18)23-31-32-25(33(23)21-11-4-3-10-19(21)27)36-15-22-30-20(14-35-22)24(34)29-13-16-7-5-6-12-28-16/h1-12,14H,13,15H2,(H,29,34). The topological polar surface area (TPSA) is 85.6 Å². The molecule has 0 bridgehead atoms. The Kier molecular flexibility index (Phi) is 7.62. The molecule has 0 aliphatic heterocycles. The molecule has 0 unspecified atom stereocenters. The van der Waals surface area contributed by atoms with E-state index in [-0.39, 0.29) is 5.91 Å². The quantitative estimate of drug-likeness (QED) is 0.227. The minimum Gasteiger partial charge on any atom is -0.345 e. The molecular formula is C25H18Cl2N6OS2. The summed E-state index contributed by atoms with van der Waals surface area (Å²) in [7, 11) is 0. The van der Waals surface area contributed by atoms with Crippen LogP contribution < -0.4 is 5.32 Å². The SMILES string of the molecule is O=C(NCc1ccccn1)c1csc(CSc2nnc(-c3ccccc3Cl)n2-c2ccccc2Cl)n1. The first-order chi connectivity index (χ1) is 17.6. The van der Waals surface area contributed by atoms with Gasteiger partial charge in [-0.1, -0.05) is 65.3 Å². The number of aromatic nitrogens is 5. The van der Waals surface area contributed by atoms with Crippen LogP contribution in [0.15, 0.2) is 83.5 Å². The molecule has 0 spiro atoms. The Balaban J connectivity index is 1.35. The molecule has 0 atom stereocenters. The van der Waals surface area contributed by atoms with E-state index in [1.807, 2.05) is 71.3 Å². The Labute approximate surface area is 225 Å². The summed E-state index contributed by atoms with van der Waals surface area (Å²) in [6.07, 6.45) is 1.69. The summed E-state index contributed by atoms with van der Waals surface area (Å²) in [5.74, 6) is 0.849. The largest absolute Gasteiger partial charge is 0.345 e. The van der Waals surface area contributed by atoms with E-state index in [1.165, 1.54) is 23.1 Å². The lowest BCUT2D eigenvalue weighted by Crippen LogP contribution is -2.23. The predicted molar refractivity (Wildman–Crippen MR) is 144 cm³/mol. The van der Waals surface area contributed by atoms with Gasteiger partial charge in [0.05, 0.1) is 33.7 Å². The van der Waals surface area contributed by atoms with Gasteiger partial charge in [-0.2, -0.15) is 0 Å². The normalized spacial score (nSPS) is 10.9. The van der Waals surface area contributed by atoms with Gasteiger partial charge in [0.15, 0.2) is 11.0 Å². The molecular weight excluding hydrogens is 535 g/mol. The van der Waals surface area contributed by atoms with Crippen LogP contribution in [0.5, 0.6) is 0 Å². The van der Waals surface area contributed by atoms with Crippen molar-refractivity contribution in [2.45, 2.75) is 17.5 Å². The number of carbonyl (C=O) groups is 1. The third-order valence-electron chi connectivity index (χ3n) is 5.11. The van der Waals surface area contributed by atoms with E-state index in [9.17, 15) is 4.79 Å². The van der Waals surface area contributed by atoms with E-state index in [4.69, 9.17) is 23.2 Å². The number of halogens is 2. The summed E-state index contributed by atoms with van der Waals surface area (Å²) in [5.41, 5.74) is 2.65. The second kappa shape index (κ2) is 11.2. The van der Waals surface area contributed by atoms with Crippen molar-refractivity contribution < 1.29 is 4.79 Å². The van der Waals surface area contributed by atoms with Crippen LogP contribution in [0.3, 0.4) is 0 Å². The van der Waals surface area contributed by atoms with Gasteiger partial charge in [-0.05, 0) is 36.4 Å². The fourth-order valence-electron chi connectivity index (χ4n) is 3.40. The summed E-state index contributed by atoms with van der Waals surface area (Å²) in [6, 6.07) is 20.5. The number of hydrogen-bond donors (Lipinski definition) is 1. The molecule has 0 saturated heterocycles. The summed E-state index contributed by atoms with van der Waals surface area (Å²) in [5, 5.41) is 16.0. The summed E-state index contributed by atoms with van der Waals surface area (Å²) in [6.45, 7) is 0.340. The molecule has 0 aliphatic carbocycles. The van der Waals surface area contributed by atoms with Crippen molar-refractivity contribution in [3.05, 3.63) is 105 Å². The van der Waals surface area contributed by atoms with E-state index in [2.05, 4.69) is 25.5 Å². The zero-order chi connectivity index (χ0) is 24.9. The van der Waals surface area contributed by atoms with Gasteiger partial charge in [0.2, 0.25) is 0 Å². The molecule has 0 aliphatic rings. The molecule has 0 fully saturated rings. The molecule has 0 radical (unpaired) electrons. The molecule has 1 amide bonds. The smallest absolute Gasteiger partial charge is 0.271 e. The summed E-state index contributed by atoms with van der Waals surface area (Å²) >= 11 is 15.9. The van der Waals surface area contributed by atoms with Gasteiger partial charge in [-0.15, -0.1) is 21.5 Å². The second-order valence-electron chi connectivity index (χ2n) is 7.49. The highest BCUT2D eigenvalue weighted by Crippen LogP contribution is 2.35. The molecule has 5 rings (SSSR count). The van der Waals surface area contributed by atoms with E-state index < -0.39 is 0 Å². The number of para-hydroxylation sites is 1. The number of pyridine rings is 1. The van der Waals surface area contributed by atoms with Crippen LogP contribution in [0.25, 0.3) is 17.1 Å². The van der Waals surface area contributed by atoms with Crippen LogP contribution in [-0.2, 0) is 12.3 Å². The molecule has 180 valence electrons. The van der Waals surface area contributed by atoms with Crippen molar-refractivity contribution in [1.82, 2.24) is 30.0 Å². The number of nitrogens with zero attached hydrogens (tertiary/aromatic N) is 5. The summed E-state index contributed by atoms with van der Waals surface area (Å²) < 4.78 is 1.89. The number of nitrogens with one attached hydrogen (secondary N) is 1. The molecule has 36 heavy (non-hydrogen) atoms. The Morgan fingerprint density at radius 1 is 0.972 bits per heavy atom. The molecule has 1 N–H and O–H groups in total. The van der Waals surface area contributed by atoms with Crippen LogP contribution >= 0.6 is 46.3 Å². The highest BCUT2D eigenvalue weighted by molar-refractivity contribution is 7.98. The zero-order valence-corrected chi connectivity index (χ0v) is 21.8. The number of hydrogen-bond acceptors (Lipinski definition) is 7. The Hall–Kier alpha value is -3.24. The molecule has 3 heterocycles. The number of thiazole rings is 1. The second-order valence-corrected chi connectivity index (χ2v) is 10.2. The highest BCUT2D eigenvalue weighted by Gasteiger charge is 2.20. The third-order valence-corrected chi connectivity index (χ3v) is 7.73. The molecule has 3 aromatic heterocycles. The molecule has 0 saturated carbocycles. The van der Waals surface area contributed by atoms with Gasteiger partial charge in [0.25, 0.3) is 5.91 Å². The number of thioether (sulfide) groups is 1. The highest BCUT2D eigenvalue weighted by atomic mass is 35.5. The Bertz CT molecular complexity index is 1510. The van der Waals surface area contributed by atoms with Crippen LogP contribution in [0.4, 0.5) is 0 Å². The van der Waals surface area contributed by atoms with Crippen LogP contribution in [-0.4, -0.2) is 30.6 Å². The maximum Gasteiger partial charge on any atom is 0.271 e. The lowest BCUT2D eigenvalue weighted by Gasteiger charge is -2.12. The first-order valence-electron chi connectivity index (χ1n) is 10.8. The van der Waals surface area contributed by atoms with Crippen molar-refractivity contribution in [3.8, 4) is 17.1 Å². The number of amides is 1. The van der Waals surface area contributed by atoms with Gasteiger partial charge in [-0.25, -0.2) is 4.98 Å². The predicted octanol–water partition coefficient (Wildman–Crippen LogP) is 6.31. The maximum atomic E-state index is 12.5. The average molecular weight is 554 g/mol. The monoisotopic (exact) mass is 552 g/mol. The van der Waals surface area contributed by atoms with Crippen LogP contribution in [0.2, 0.25) is 10.0 Å². The average Bonchev–Trinajstić information content (AvgIpc) is 3.55. The third kappa shape index (κ3) is 5.44. The van der Waals surface area contributed by atoms with E-state index >= 15 is 0 Å². The number of benzene rings is 2. The lowest BCUT2D eigenvalue weighted by atomic mass is 10.2. The maximum absolute atomic E-state index is 12.5. The molecule has 2 aromatic carbocycles. The van der Waals surface area contributed by atoms with E-state index in [0.717, 1.165) is 22.0 Å².